The molecule has 1 aromatic carbocycles. The van der Waals surface area contributed by atoms with Crippen molar-refractivity contribution in [2.24, 2.45) is 0 Å². The first-order chi connectivity index (χ1) is 10.9. The molecule has 2 aliphatic heterocycles. The molecule has 0 bridgehead atoms. The highest BCUT2D eigenvalue weighted by molar-refractivity contribution is 7.89. The van der Waals surface area contributed by atoms with Gasteiger partial charge in [-0.2, -0.15) is 4.31 Å². The molecule has 126 valence electrons. The van der Waals surface area contributed by atoms with Gasteiger partial charge in [-0.3, -0.25) is 4.79 Å². The average Bonchev–Trinajstić information content (AvgIpc) is 2.54. The molecule has 1 saturated heterocycles. The molecule has 1 amide bonds. The number of hydrogen-bond acceptors (Lipinski definition) is 3. The Balaban J connectivity index is 1.97. The van der Waals surface area contributed by atoms with Crippen molar-refractivity contribution in [3.8, 4) is 0 Å². The number of carbonyl (C=O) groups is 1. The Morgan fingerprint density at radius 2 is 2.00 bits per heavy atom. The Morgan fingerprint density at radius 1 is 1.22 bits per heavy atom. The molecular weight excluding hydrogens is 312 g/mol. The molecule has 2 heterocycles. The van der Waals surface area contributed by atoms with E-state index in [0.717, 1.165) is 30.5 Å². The molecule has 1 unspecified atom stereocenters. The van der Waals surface area contributed by atoms with Crippen LogP contribution in [0.4, 0.5) is 5.69 Å². The van der Waals surface area contributed by atoms with Gasteiger partial charge in [-0.25, -0.2) is 8.42 Å². The van der Waals surface area contributed by atoms with E-state index in [-0.39, 0.29) is 11.9 Å². The fraction of sp³-hybridized carbons (Fsp3) is 0.588. The molecule has 0 N–H and O–H groups in total. The number of amides is 1. The van der Waals surface area contributed by atoms with E-state index < -0.39 is 10.0 Å². The van der Waals surface area contributed by atoms with Crippen molar-refractivity contribution in [3.05, 3.63) is 23.8 Å². The number of anilines is 1. The molecule has 1 fully saturated rings. The van der Waals surface area contributed by atoms with Gasteiger partial charge < -0.3 is 4.90 Å². The van der Waals surface area contributed by atoms with Crippen LogP contribution in [0, 0.1) is 0 Å². The van der Waals surface area contributed by atoms with Crippen molar-refractivity contribution in [2.75, 3.05) is 18.0 Å². The van der Waals surface area contributed by atoms with Crippen LogP contribution in [0.25, 0.3) is 0 Å². The molecule has 0 aliphatic carbocycles. The van der Waals surface area contributed by atoms with Crippen LogP contribution in [0.3, 0.4) is 0 Å². The minimum absolute atomic E-state index is 0.0542. The highest BCUT2D eigenvalue weighted by Gasteiger charge is 2.32. The fourth-order valence-electron chi connectivity index (χ4n) is 3.61. The van der Waals surface area contributed by atoms with Crippen molar-refractivity contribution in [1.29, 1.82) is 0 Å². The fourth-order valence-corrected chi connectivity index (χ4v) is 5.36. The lowest BCUT2D eigenvalue weighted by Gasteiger charge is -2.33. The van der Waals surface area contributed by atoms with Crippen LogP contribution in [0.1, 0.15) is 45.1 Å². The van der Waals surface area contributed by atoms with Gasteiger partial charge in [0.1, 0.15) is 0 Å². The second-order valence-electron chi connectivity index (χ2n) is 6.39. The van der Waals surface area contributed by atoms with Gasteiger partial charge in [0.2, 0.25) is 15.9 Å². The summed E-state index contributed by atoms with van der Waals surface area (Å²) in [5.74, 6) is 0.111. The van der Waals surface area contributed by atoms with E-state index in [0.29, 0.717) is 30.8 Å². The number of piperidine rings is 1. The molecule has 1 atom stereocenters. The number of hydrogen-bond donors (Lipinski definition) is 0. The van der Waals surface area contributed by atoms with Gasteiger partial charge in [0.05, 0.1) is 4.90 Å². The Morgan fingerprint density at radius 3 is 2.70 bits per heavy atom. The maximum Gasteiger partial charge on any atom is 0.243 e. The van der Waals surface area contributed by atoms with Gasteiger partial charge in [-0.05, 0) is 56.9 Å². The summed E-state index contributed by atoms with van der Waals surface area (Å²) >= 11 is 0. The highest BCUT2D eigenvalue weighted by Crippen LogP contribution is 2.32. The first-order valence-electron chi connectivity index (χ1n) is 8.40. The van der Waals surface area contributed by atoms with E-state index in [1.54, 1.807) is 27.4 Å². The van der Waals surface area contributed by atoms with Crippen LogP contribution in [0.2, 0.25) is 0 Å². The summed E-state index contributed by atoms with van der Waals surface area (Å²) in [5.41, 5.74) is 1.81. The molecule has 1 aromatic rings. The SMILES string of the molecule is CCN1C(=O)CCc2cc(S(=O)(=O)N3CCCCC3C)ccc21. The molecular formula is C17H24N2O3S. The summed E-state index contributed by atoms with van der Waals surface area (Å²) in [6.45, 7) is 5.13. The summed E-state index contributed by atoms with van der Waals surface area (Å²) in [6, 6.07) is 5.26. The van der Waals surface area contributed by atoms with Crippen LogP contribution in [0.15, 0.2) is 23.1 Å². The molecule has 0 radical (unpaired) electrons. The van der Waals surface area contributed by atoms with Crippen LogP contribution < -0.4 is 4.90 Å². The lowest BCUT2D eigenvalue weighted by Crippen LogP contribution is -2.42. The number of aryl methyl sites for hydroxylation is 1. The number of fused-ring (bicyclic) bond motifs is 1. The number of sulfonamides is 1. The summed E-state index contributed by atoms with van der Waals surface area (Å²) < 4.78 is 27.5. The van der Waals surface area contributed by atoms with E-state index in [9.17, 15) is 13.2 Å². The Labute approximate surface area is 138 Å². The monoisotopic (exact) mass is 336 g/mol. The molecule has 6 heteroatoms. The first kappa shape index (κ1) is 16.5. The first-order valence-corrected chi connectivity index (χ1v) is 9.84. The lowest BCUT2D eigenvalue weighted by molar-refractivity contribution is -0.118. The van der Waals surface area contributed by atoms with Crippen molar-refractivity contribution in [3.63, 3.8) is 0 Å². The van der Waals surface area contributed by atoms with E-state index in [1.807, 2.05) is 13.8 Å². The van der Waals surface area contributed by atoms with E-state index in [2.05, 4.69) is 0 Å². The maximum atomic E-state index is 12.9. The molecule has 3 rings (SSSR count). The maximum absolute atomic E-state index is 12.9. The molecule has 2 aliphatic rings. The van der Waals surface area contributed by atoms with Crippen molar-refractivity contribution < 1.29 is 13.2 Å². The Bertz CT molecular complexity index is 715. The topological polar surface area (TPSA) is 57.7 Å². The van der Waals surface area contributed by atoms with Crippen molar-refractivity contribution in [1.82, 2.24) is 4.31 Å². The van der Waals surface area contributed by atoms with Crippen LogP contribution in [-0.2, 0) is 21.2 Å². The van der Waals surface area contributed by atoms with E-state index in [1.165, 1.54) is 0 Å². The summed E-state index contributed by atoms with van der Waals surface area (Å²) in [6.07, 6.45) is 3.99. The second kappa shape index (κ2) is 6.24. The Hall–Kier alpha value is -1.40. The standard InChI is InChI=1S/C17H24N2O3S/c1-3-18-16-9-8-15(12-14(16)7-10-17(18)20)23(21,22)19-11-5-4-6-13(19)2/h8-9,12-13H,3-7,10-11H2,1-2H3. The van der Waals surface area contributed by atoms with Gasteiger partial charge in [0, 0.05) is 31.2 Å². The van der Waals surface area contributed by atoms with Gasteiger partial charge in [-0.15, -0.1) is 0 Å². The van der Waals surface area contributed by atoms with Crippen molar-refractivity contribution in [2.45, 2.75) is 56.9 Å². The molecule has 23 heavy (non-hydrogen) atoms. The smallest absolute Gasteiger partial charge is 0.243 e. The number of carbonyl (C=O) groups excluding carboxylic acids is 1. The predicted molar refractivity (Wildman–Crippen MR) is 90.0 cm³/mol. The number of rotatable bonds is 3. The zero-order valence-electron chi connectivity index (χ0n) is 13.8. The van der Waals surface area contributed by atoms with Crippen LogP contribution in [0.5, 0.6) is 0 Å². The molecule has 0 saturated carbocycles. The van der Waals surface area contributed by atoms with Gasteiger partial charge in [-0.1, -0.05) is 6.42 Å². The lowest BCUT2D eigenvalue weighted by atomic mass is 10.0. The third-order valence-corrected chi connectivity index (χ3v) is 6.93. The molecule has 0 aromatic heterocycles. The quantitative estimate of drug-likeness (QED) is 0.852. The number of nitrogens with zero attached hydrogens (tertiary/aromatic N) is 2. The third kappa shape index (κ3) is 2.90. The van der Waals surface area contributed by atoms with Gasteiger partial charge in [0.25, 0.3) is 0 Å². The van der Waals surface area contributed by atoms with E-state index in [4.69, 9.17) is 0 Å². The Kier molecular flexibility index (Phi) is 4.47. The summed E-state index contributed by atoms with van der Waals surface area (Å²) in [4.78, 5) is 14.1. The van der Waals surface area contributed by atoms with Gasteiger partial charge in [0.15, 0.2) is 0 Å². The summed E-state index contributed by atoms with van der Waals surface area (Å²) in [5, 5.41) is 0. The number of benzene rings is 1. The zero-order chi connectivity index (χ0) is 16.6. The third-order valence-electron chi connectivity index (χ3n) is 4.92. The molecule has 5 nitrogen and oxygen atoms in total. The van der Waals surface area contributed by atoms with Crippen molar-refractivity contribution >= 4 is 21.6 Å². The summed E-state index contributed by atoms with van der Waals surface area (Å²) in [7, 11) is -3.45. The van der Waals surface area contributed by atoms with E-state index >= 15 is 0 Å². The largest absolute Gasteiger partial charge is 0.312 e. The molecule has 0 spiro atoms. The van der Waals surface area contributed by atoms with Crippen LogP contribution in [-0.4, -0.2) is 37.8 Å². The minimum atomic E-state index is -3.45. The predicted octanol–water partition coefficient (Wildman–Crippen LogP) is 2.55. The minimum Gasteiger partial charge on any atom is -0.312 e. The normalized spacial score (nSPS) is 23.0. The van der Waals surface area contributed by atoms with Gasteiger partial charge >= 0.3 is 0 Å². The highest BCUT2D eigenvalue weighted by atomic mass is 32.2. The second-order valence-corrected chi connectivity index (χ2v) is 8.28. The van der Waals surface area contributed by atoms with Crippen LogP contribution >= 0.6 is 0 Å². The average molecular weight is 336 g/mol. The zero-order valence-corrected chi connectivity index (χ0v) is 14.6.